The van der Waals surface area contributed by atoms with Gasteiger partial charge in [-0.05, 0) is 55.2 Å². The Balaban J connectivity index is 1.60. The number of nitrogens with one attached hydrogen (secondary N) is 1. The summed E-state index contributed by atoms with van der Waals surface area (Å²) in [5, 5.41) is 3.80. The Morgan fingerprint density at radius 2 is 1.93 bits per heavy atom. The molecular formula is C22H27ClN2O3S. The van der Waals surface area contributed by atoms with Gasteiger partial charge in [-0.15, -0.1) is 0 Å². The summed E-state index contributed by atoms with van der Waals surface area (Å²) in [5.74, 6) is 0.491. The third kappa shape index (κ3) is 6.04. The van der Waals surface area contributed by atoms with E-state index in [2.05, 4.69) is 5.32 Å². The van der Waals surface area contributed by atoms with Crippen molar-refractivity contribution in [3.05, 3.63) is 64.7 Å². The summed E-state index contributed by atoms with van der Waals surface area (Å²) in [6.07, 6.45) is 1.69. The van der Waals surface area contributed by atoms with Crippen molar-refractivity contribution in [2.75, 3.05) is 25.6 Å². The molecule has 7 heteroatoms. The van der Waals surface area contributed by atoms with E-state index in [0.717, 1.165) is 24.0 Å². The molecule has 0 aromatic heterocycles. The topological polar surface area (TPSA) is 58.6 Å². The molecule has 2 atom stereocenters. The van der Waals surface area contributed by atoms with Crippen LogP contribution in [0.5, 0.6) is 0 Å². The van der Waals surface area contributed by atoms with Crippen LogP contribution in [0.1, 0.15) is 36.9 Å². The van der Waals surface area contributed by atoms with Gasteiger partial charge in [0.15, 0.2) is 0 Å². The second-order valence-corrected chi connectivity index (χ2v) is 9.46. The number of hydrogen-bond acceptors (Lipinski definition) is 3. The molecule has 0 unspecified atom stereocenters. The summed E-state index contributed by atoms with van der Waals surface area (Å²) in [5.41, 5.74) is 2.67. The van der Waals surface area contributed by atoms with Crippen LogP contribution in [0.4, 0.5) is 10.5 Å². The first-order valence-electron chi connectivity index (χ1n) is 9.77. The molecule has 2 aromatic carbocycles. The number of nitrogens with zero attached hydrogens (tertiary/aromatic N) is 1. The van der Waals surface area contributed by atoms with Gasteiger partial charge in [-0.25, -0.2) is 4.79 Å². The number of ether oxygens (including phenoxy) is 1. The Kier molecular flexibility index (Phi) is 7.70. The van der Waals surface area contributed by atoms with Gasteiger partial charge in [-0.1, -0.05) is 35.9 Å². The van der Waals surface area contributed by atoms with Crippen LogP contribution >= 0.6 is 11.6 Å². The number of anilines is 1. The number of halogens is 1. The summed E-state index contributed by atoms with van der Waals surface area (Å²) in [6, 6.07) is 14.8. The predicted molar refractivity (Wildman–Crippen MR) is 119 cm³/mol. The fourth-order valence-electron chi connectivity index (χ4n) is 3.31. The van der Waals surface area contributed by atoms with Gasteiger partial charge in [0.05, 0.1) is 6.04 Å². The number of urea groups is 1. The number of rotatable bonds is 6. The van der Waals surface area contributed by atoms with Crippen LogP contribution < -0.4 is 5.32 Å². The van der Waals surface area contributed by atoms with E-state index in [9.17, 15) is 9.00 Å². The highest BCUT2D eigenvalue weighted by Gasteiger charge is 2.21. The highest BCUT2D eigenvalue weighted by atomic mass is 35.5. The molecule has 0 aliphatic carbocycles. The molecule has 0 spiro atoms. The smallest absolute Gasteiger partial charge is 0.322 e. The third-order valence-corrected chi connectivity index (χ3v) is 7.37. The molecule has 29 heavy (non-hydrogen) atoms. The van der Waals surface area contributed by atoms with E-state index >= 15 is 0 Å². The lowest BCUT2D eigenvalue weighted by Crippen LogP contribution is -2.33. The maximum Gasteiger partial charge on any atom is 0.322 e. The molecule has 5 nitrogen and oxygen atoms in total. The lowest BCUT2D eigenvalue weighted by atomic mass is 10.1. The first kappa shape index (κ1) is 21.8. The summed E-state index contributed by atoms with van der Waals surface area (Å²) in [7, 11) is 0.827. The monoisotopic (exact) mass is 434 g/mol. The summed E-state index contributed by atoms with van der Waals surface area (Å²) in [4.78, 5) is 14.3. The molecule has 0 bridgehead atoms. The summed E-state index contributed by atoms with van der Waals surface area (Å²) < 4.78 is 18.0. The van der Waals surface area contributed by atoms with Gasteiger partial charge < -0.3 is 15.0 Å². The van der Waals surface area contributed by atoms with E-state index in [1.807, 2.05) is 55.5 Å². The molecule has 0 saturated carbocycles. The highest BCUT2D eigenvalue weighted by molar-refractivity contribution is 7.84. The van der Waals surface area contributed by atoms with Gasteiger partial charge in [0.1, 0.15) is 0 Å². The van der Waals surface area contributed by atoms with Gasteiger partial charge in [0.2, 0.25) is 0 Å². The minimum absolute atomic E-state index is 0.100. The van der Waals surface area contributed by atoms with Crippen molar-refractivity contribution in [3.8, 4) is 0 Å². The van der Waals surface area contributed by atoms with Crippen LogP contribution in [0.25, 0.3) is 0 Å². The van der Waals surface area contributed by atoms with Crippen LogP contribution in [0.2, 0.25) is 5.02 Å². The predicted octanol–water partition coefficient (Wildman–Crippen LogP) is 4.99. The van der Waals surface area contributed by atoms with Gasteiger partial charge in [0, 0.05) is 52.8 Å². The van der Waals surface area contributed by atoms with Crippen molar-refractivity contribution in [2.45, 2.75) is 36.8 Å². The average molecular weight is 435 g/mol. The van der Waals surface area contributed by atoms with Crippen molar-refractivity contribution in [1.29, 1.82) is 0 Å². The Bertz CT molecular complexity index is 853. The Morgan fingerprint density at radius 3 is 2.62 bits per heavy atom. The normalized spacial score (nSPS) is 16.8. The zero-order valence-electron chi connectivity index (χ0n) is 16.8. The number of hydrogen-bond donors (Lipinski definition) is 1. The number of carbonyl (C=O) groups excluding carboxylic acids is 1. The van der Waals surface area contributed by atoms with Crippen molar-refractivity contribution in [2.24, 2.45) is 0 Å². The van der Waals surface area contributed by atoms with Gasteiger partial charge in [0.25, 0.3) is 0 Å². The molecular weight excluding hydrogens is 408 g/mol. The molecule has 1 saturated heterocycles. The molecule has 3 rings (SSSR count). The minimum atomic E-state index is -0.935. The van der Waals surface area contributed by atoms with Crippen LogP contribution in [-0.2, 0) is 21.3 Å². The van der Waals surface area contributed by atoms with E-state index in [-0.39, 0.29) is 17.3 Å². The van der Waals surface area contributed by atoms with E-state index in [0.29, 0.717) is 29.7 Å². The average Bonchev–Trinajstić information content (AvgIpc) is 2.74. The summed E-state index contributed by atoms with van der Waals surface area (Å²) >= 11 is 5.95. The summed E-state index contributed by atoms with van der Waals surface area (Å²) in [6.45, 7) is 3.34. The van der Waals surface area contributed by atoms with Crippen molar-refractivity contribution in [3.63, 3.8) is 0 Å². The zero-order chi connectivity index (χ0) is 20.8. The van der Waals surface area contributed by atoms with Gasteiger partial charge in [-0.3, -0.25) is 4.21 Å². The van der Waals surface area contributed by atoms with Crippen LogP contribution in [0.15, 0.2) is 48.5 Å². The van der Waals surface area contributed by atoms with Crippen molar-refractivity contribution in [1.82, 2.24) is 4.90 Å². The molecule has 1 aliphatic rings. The quantitative estimate of drug-likeness (QED) is 0.696. The molecule has 1 fully saturated rings. The SMILES string of the molecule is C[C@H](c1ccc(Cl)cc1)N(C)C(=O)Nc1cccc(C[S@](=O)C2CCOCC2)c1. The fourth-order valence-corrected chi connectivity index (χ4v) is 4.90. The molecule has 2 aromatic rings. The van der Waals surface area contributed by atoms with Crippen LogP contribution in [-0.4, -0.2) is 40.7 Å². The second-order valence-electron chi connectivity index (χ2n) is 7.31. The van der Waals surface area contributed by atoms with E-state index in [1.54, 1.807) is 11.9 Å². The number of amides is 2. The maximum atomic E-state index is 12.7. The Labute approximate surface area is 179 Å². The van der Waals surface area contributed by atoms with Crippen LogP contribution in [0, 0.1) is 0 Å². The minimum Gasteiger partial charge on any atom is -0.381 e. The van der Waals surface area contributed by atoms with Crippen LogP contribution in [0.3, 0.4) is 0 Å². The maximum absolute atomic E-state index is 12.7. The Morgan fingerprint density at radius 1 is 1.24 bits per heavy atom. The molecule has 156 valence electrons. The first-order valence-corrected chi connectivity index (χ1v) is 11.5. The largest absolute Gasteiger partial charge is 0.381 e. The van der Waals surface area contributed by atoms with E-state index in [4.69, 9.17) is 16.3 Å². The molecule has 0 radical (unpaired) electrons. The van der Waals surface area contributed by atoms with Gasteiger partial charge >= 0.3 is 6.03 Å². The lowest BCUT2D eigenvalue weighted by Gasteiger charge is -2.26. The fraction of sp³-hybridized carbons (Fsp3) is 0.409. The van der Waals surface area contributed by atoms with Gasteiger partial charge in [-0.2, -0.15) is 0 Å². The number of benzene rings is 2. The molecule has 2 amide bonds. The molecule has 1 N–H and O–H groups in total. The highest BCUT2D eigenvalue weighted by Crippen LogP contribution is 2.23. The third-order valence-electron chi connectivity index (χ3n) is 5.28. The second kappa shape index (κ2) is 10.2. The molecule has 1 heterocycles. The van der Waals surface area contributed by atoms with Crippen molar-refractivity contribution < 1.29 is 13.7 Å². The van der Waals surface area contributed by atoms with E-state index in [1.165, 1.54) is 0 Å². The zero-order valence-corrected chi connectivity index (χ0v) is 18.3. The lowest BCUT2D eigenvalue weighted by molar-refractivity contribution is 0.0992. The standard InChI is InChI=1S/C22H27ClN2O3S/c1-16(18-6-8-19(23)9-7-18)25(2)22(26)24-20-5-3-4-17(14-20)15-29(27)21-10-12-28-13-11-21/h3-9,14,16,21H,10-13,15H2,1-2H3,(H,24,26)/t16-,29+/m1/s1. The molecule has 1 aliphatic heterocycles. The number of carbonyl (C=O) groups is 1. The first-order chi connectivity index (χ1) is 13.9. The van der Waals surface area contributed by atoms with Crippen molar-refractivity contribution >= 4 is 34.1 Å². The Hall–Kier alpha value is -1.89. The van der Waals surface area contributed by atoms with E-state index < -0.39 is 10.8 Å².